The van der Waals surface area contributed by atoms with Crippen molar-refractivity contribution in [3.63, 3.8) is 0 Å². The molecule has 1 aromatic carbocycles. The summed E-state index contributed by atoms with van der Waals surface area (Å²) in [6.45, 7) is 3.61. The Morgan fingerprint density at radius 2 is 2.10 bits per heavy atom. The third kappa shape index (κ3) is 4.82. The largest absolute Gasteiger partial charge is 0.493 e. The van der Waals surface area contributed by atoms with Gasteiger partial charge in [0.25, 0.3) is 5.91 Å². The second kappa shape index (κ2) is 7.73. The summed E-state index contributed by atoms with van der Waals surface area (Å²) in [5.74, 6) is -1.11. The predicted octanol–water partition coefficient (Wildman–Crippen LogP) is 2.34. The first-order chi connectivity index (χ1) is 9.88. The summed E-state index contributed by atoms with van der Waals surface area (Å²) in [5.41, 5.74) is -0.0201. The van der Waals surface area contributed by atoms with Crippen molar-refractivity contribution in [1.82, 2.24) is 5.32 Å². The molecule has 21 heavy (non-hydrogen) atoms. The molecule has 1 unspecified atom stereocenters. The van der Waals surface area contributed by atoms with Gasteiger partial charge in [-0.25, -0.2) is 4.79 Å². The van der Waals surface area contributed by atoms with E-state index in [-0.39, 0.29) is 40.6 Å². The summed E-state index contributed by atoms with van der Waals surface area (Å²) in [6, 6.07) is 2.58. The van der Waals surface area contributed by atoms with E-state index in [0.29, 0.717) is 0 Å². The van der Waals surface area contributed by atoms with E-state index in [9.17, 15) is 9.59 Å². The van der Waals surface area contributed by atoms with Crippen molar-refractivity contribution in [2.45, 2.75) is 26.3 Å². The summed E-state index contributed by atoms with van der Waals surface area (Å²) in [7, 11) is 1.36. The van der Waals surface area contributed by atoms with Crippen molar-refractivity contribution in [1.29, 1.82) is 0 Å². The minimum Gasteiger partial charge on any atom is -0.493 e. The molecule has 0 bridgehead atoms. The van der Waals surface area contributed by atoms with Gasteiger partial charge in [0, 0.05) is 6.04 Å². The Morgan fingerprint density at radius 1 is 1.43 bits per heavy atom. The molecule has 0 radical (unpaired) electrons. The molecule has 1 atom stereocenters. The molecule has 0 heterocycles. The first-order valence-corrected chi connectivity index (χ1v) is 6.79. The number of carbonyl (C=O) groups excluding carboxylic acids is 1. The molecule has 2 N–H and O–H groups in total. The number of ether oxygens (including phenoxy) is 2. The van der Waals surface area contributed by atoms with Crippen LogP contribution in [0.2, 0.25) is 5.02 Å². The monoisotopic (exact) mass is 315 g/mol. The van der Waals surface area contributed by atoms with Crippen LogP contribution in [0.25, 0.3) is 0 Å². The van der Waals surface area contributed by atoms with Crippen LogP contribution in [0.5, 0.6) is 11.5 Å². The van der Waals surface area contributed by atoms with Gasteiger partial charge in [-0.1, -0.05) is 18.5 Å². The molecule has 1 aromatic rings. The Bertz CT molecular complexity index is 532. The van der Waals surface area contributed by atoms with Gasteiger partial charge in [-0.3, -0.25) is 4.79 Å². The van der Waals surface area contributed by atoms with Crippen LogP contribution in [-0.4, -0.2) is 36.7 Å². The molecule has 1 rings (SSSR count). The number of rotatable bonds is 7. The van der Waals surface area contributed by atoms with Crippen molar-refractivity contribution < 1.29 is 24.2 Å². The molecule has 7 heteroatoms. The molecule has 6 nitrogen and oxygen atoms in total. The SMILES string of the molecule is CCC(C)NC(=O)COc1c(Cl)cc(C(=O)O)cc1OC. The van der Waals surface area contributed by atoms with Crippen LogP contribution < -0.4 is 14.8 Å². The van der Waals surface area contributed by atoms with Gasteiger partial charge in [-0.15, -0.1) is 0 Å². The number of carboxylic acid groups (broad SMARTS) is 1. The zero-order valence-electron chi connectivity index (χ0n) is 12.1. The first-order valence-electron chi connectivity index (χ1n) is 6.42. The lowest BCUT2D eigenvalue weighted by molar-refractivity contribution is -0.123. The number of halogens is 1. The van der Waals surface area contributed by atoms with E-state index >= 15 is 0 Å². The van der Waals surface area contributed by atoms with E-state index < -0.39 is 5.97 Å². The number of nitrogens with one attached hydrogen (secondary N) is 1. The second-order valence-electron chi connectivity index (χ2n) is 4.46. The van der Waals surface area contributed by atoms with Crippen LogP contribution in [0.3, 0.4) is 0 Å². The number of hydrogen-bond acceptors (Lipinski definition) is 4. The number of hydrogen-bond donors (Lipinski definition) is 2. The van der Waals surface area contributed by atoms with Gasteiger partial charge in [-0.05, 0) is 25.5 Å². The molecular formula is C14H18ClNO5. The normalized spacial score (nSPS) is 11.6. The Morgan fingerprint density at radius 3 is 2.62 bits per heavy atom. The number of methoxy groups -OCH3 is 1. The van der Waals surface area contributed by atoms with Gasteiger partial charge < -0.3 is 19.9 Å². The molecule has 0 saturated heterocycles. The summed E-state index contributed by atoms with van der Waals surface area (Å²) >= 11 is 5.97. The van der Waals surface area contributed by atoms with Crippen molar-refractivity contribution >= 4 is 23.5 Å². The van der Waals surface area contributed by atoms with E-state index in [4.69, 9.17) is 26.2 Å². The van der Waals surface area contributed by atoms with E-state index in [1.165, 1.54) is 19.2 Å². The predicted molar refractivity (Wildman–Crippen MR) is 78.4 cm³/mol. The molecule has 0 fully saturated rings. The van der Waals surface area contributed by atoms with Crippen LogP contribution in [0.1, 0.15) is 30.6 Å². The van der Waals surface area contributed by atoms with Gasteiger partial charge in [0.05, 0.1) is 17.7 Å². The minimum absolute atomic E-state index is 0.0201. The van der Waals surface area contributed by atoms with Gasteiger partial charge in [0.15, 0.2) is 18.1 Å². The van der Waals surface area contributed by atoms with Crippen molar-refractivity contribution in [3.05, 3.63) is 22.7 Å². The Kier molecular flexibility index (Phi) is 6.30. The lowest BCUT2D eigenvalue weighted by Crippen LogP contribution is -2.35. The van der Waals surface area contributed by atoms with Crippen molar-refractivity contribution in [2.24, 2.45) is 0 Å². The maximum atomic E-state index is 11.7. The van der Waals surface area contributed by atoms with Crippen molar-refractivity contribution in [2.75, 3.05) is 13.7 Å². The lowest BCUT2D eigenvalue weighted by Gasteiger charge is -2.15. The quantitative estimate of drug-likeness (QED) is 0.806. The highest BCUT2D eigenvalue weighted by Gasteiger charge is 2.16. The van der Waals surface area contributed by atoms with Crippen LogP contribution in [0, 0.1) is 0 Å². The first kappa shape index (κ1) is 17.1. The third-order valence-corrected chi connectivity index (χ3v) is 3.12. The highest BCUT2D eigenvalue weighted by Crippen LogP contribution is 2.36. The van der Waals surface area contributed by atoms with Crippen LogP contribution in [-0.2, 0) is 4.79 Å². The topological polar surface area (TPSA) is 84.9 Å². The third-order valence-electron chi connectivity index (χ3n) is 2.84. The van der Waals surface area contributed by atoms with E-state index in [1.807, 2.05) is 13.8 Å². The molecule has 0 aromatic heterocycles. The number of amides is 1. The zero-order valence-corrected chi connectivity index (χ0v) is 12.9. The molecule has 0 aliphatic heterocycles. The average Bonchev–Trinajstić information content (AvgIpc) is 2.44. The fourth-order valence-electron chi connectivity index (χ4n) is 1.54. The molecule has 0 aliphatic rings. The lowest BCUT2D eigenvalue weighted by atomic mass is 10.2. The fourth-order valence-corrected chi connectivity index (χ4v) is 1.80. The Balaban J connectivity index is 2.83. The summed E-state index contributed by atoms with van der Waals surface area (Å²) in [6.07, 6.45) is 0.809. The number of carboxylic acids is 1. The summed E-state index contributed by atoms with van der Waals surface area (Å²) in [5, 5.41) is 11.8. The van der Waals surface area contributed by atoms with Crippen LogP contribution >= 0.6 is 11.6 Å². The molecule has 1 amide bonds. The van der Waals surface area contributed by atoms with Crippen LogP contribution in [0.15, 0.2) is 12.1 Å². The smallest absolute Gasteiger partial charge is 0.335 e. The Hall–Kier alpha value is -1.95. The standard InChI is InChI=1S/C14H18ClNO5/c1-4-8(2)16-12(17)7-21-13-10(15)5-9(14(18)19)6-11(13)20-3/h5-6,8H,4,7H2,1-3H3,(H,16,17)(H,18,19). The molecular weight excluding hydrogens is 298 g/mol. The van der Waals surface area contributed by atoms with Crippen LogP contribution in [0.4, 0.5) is 0 Å². The molecule has 0 spiro atoms. The number of benzene rings is 1. The van der Waals surface area contributed by atoms with Gasteiger partial charge in [0.2, 0.25) is 0 Å². The molecule has 0 saturated carbocycles. The average molecular weight is 316 g/mol. The maximum Gasteiger partial charge on any atom is 0.335 e. The van der Waals surface area contributed by atoms with Crippen molar-refractivity contribution in [3.8, 4) is 11.5 Å². The summed E-state index contributed by atoms with van der Waals surface area (Å²) in [4.78, 5) is 22.6. The highest BCUT2D eigenvalue weighted by atomic mass is 35.5. The fraction of sp³-hybridized carbons (Fsp3) is 0.429. The van der Waals surface area contributed by atoms with E-state index in [2.05, 4.69) is 5.32 Å². The Labute approximate surface area is 128 Å². The van der Waals surface area contributed by atoms with E-state index in [0.717, 1.165) is 6.42 Å². The maximum absolute atomic E-state index is 11.7. The highest BCUT2D eigenvalue weighted by molar-refractivity contribution is 6.32. The number of aromatic carboxylic acids is 1. The van der Waals surface area contributed by atoms with Gasteiger partial charge in [-0.2, -0.15) is 0 Å². The van der Waals surface area contributed by atoms with E-state index in [1.54, 1.807) is 0 Å². The molecule has 0 aliphatic carbocycles. The molecule has 116 valence electrons. The summed E-state index contributed by atoms with van der Waals surface area (Å²) < 4.78 is 10.4. The minimum atomic E-state index is -1.13. The number of carbonyl (C=O) groups is 2. The zero-order chi connectivity index (χ0) is 16.0. The van der Waals surface area contributed by atoms with Gasteiger partial charge in [0.1, 0.15) is 0 Å². The van der Waals surface area contributed by atoms with Gasteiger partial charge >= 0.3 is 5.97 Å². The second-order valence-corrected chi connectivity index (χ2v) is 4.87.